The van der Waals surface area contributed by atoms with Crippen LogP contribution >= 0.6 is 24.0 Å². The van der Waals surface area contributed by atoms with Crippen molar-refractivity contribution in [3.05, 3.63) is 30.1 Å². The lowest BCUT2D eigenvalue weighted by Crippen LogP contribution is -2.42. The third-order valence-electron chi connectivity index (χ3n) is 2.36. The number of hydrogen-bond acceptors (Lipinski definition) is 4. The van der Waals surface area contributed by atoms with Gasteiger partial charge in [-0.25, -0.2) is 4.39 Å². The smallest absolute Gasteiger partial charge is 0.191 e. The highest BCUT2D eigenvalue weighted by Crippen LogP contribution is 2.11. The van der Waals surface area contributed by atoms with Crippen molar-refractivity contribution >= 4 is 29.9 Å². The molecule has 100 valence electrons. The second-order valence-electron chi connectivity index (χ2n) is 3.74. The van der Waals surface area contributed by atoms with Gasteiger partial charge in [0, 0.05) is 19.2 Å². The molecule has 1 heterocycles. The van der Waals surface area contributed by atoms with Gasteiger partial charge in [0.15, 0.2) is 5.96 Å². The molecule has 0 radical (unpaired) electrons. The predicted molar refractivity (Wildman–Crippen MR) is 80.2 cm³/mol. The fourth-order valence-corrected chi connectivity index (χ4v) is 1.55. The van der Waals surface area contributed by atoms with Gasteiger partial charge >= 0.3 is 0 Å². The van der Waals surface area contributed by atoms with Crippen LogP contribution in [0.25, 0.3) is 0 Å². The van der Waals surface area contributed by atoms with E-state index in [4.69, 9.17) is 4.74 Å². The molecule has 0 atom stereocenters. The Morgan fingerprint density at radius 2 is 2.33 bits per heavy atom. The van der Waals surface area contributed by atoms with E-state index in [0.29, 0.717) is 18.9 Å². The number of aliphatic imine (C=N–C) groups is 1. The summed E-state index contributed by atoms with van der Waals surface area (Å²) in [4.78, 5) is 4.27. The Morgan fingerprint density at radius 1 is 1.44 bits per heavy atom. The number of hydrogen-bond donors (Lipinski definition) is 2. The van der Waals surface area contributed by atoms with Crippen molar-refractivity contribution in [1.29, 1.82) is 0 Å². The Kier molecular flexibility index (Phi) is 6.77. The van der Waals surface area contributed by atoms with Crippen LogP contribution in [0.1, 0.15) is 6.42 Å². The lowest BCUT2D eigenvalue weighted by atomic mass is 10.3. The van der Waals surface area contributed by atoms with E-state index in [9.17, 15) is 4.39 Å². The summed E-state index contributed by atoms with van der Waals surface area (Å²) in [6.45, 7) is 2.93. The molecule has 0 aromatic heterocycles. The highest BCUT2D eigenvalue weighted by molar-refractivity contribution is 14.0. The van der Waals surface area contributed by atoms with Gasteiger partial charge in [-0.3, -0.25) is 4.99 Å². The molecule has 0 fully saturated rings. The molecule has 0 unspecified atom stereocenters. The zero-order chi connectivity index (χ0) is 11.9. The molecule has 0 spiro atoms. The summed E-state index contributed by atoms with van der Waals surface area (Å²) >= 11 is 0. The van der Waals surface area contributed by atoms with Gasteiger partial charge in [-0.1, -0.05) is 6.07 Å². The monoisotopic (exact) mass is 365 g/mol. The molecule has 4 nitrogen and oxygen atoms in total. The quantitative estimate of drug-likeness (QED) is 0.632. The normalized spacial score (nSPS) is 13.9. The Hall–Kier alpha value is -1.05. The summed E-state index contributed by atoms with van der Waals surface area (Å²) in [6, 6.07) is 6.13. The molecular formula is C12H17FIN3O. The van der Waals surface area contributed by atoms with Crippen molar-refractivity contribution in [2.24, 2.45) is 4.99 Å². The van der Waals surface area contributed by atoms with Crippen LogP contribution in [0.2, 0.25) is 0 Å². The number of nitrogens with one attached hydrogen (secondary N) is 2. The van der Waals surface area contributed by atoms with E-state index in [-0.39, 0.29) is 29.8 Å². The van der Waals surface area contributed by atoms with Crippen molar-refractivity contribution in [3.8, 4) is 5.75 Å². The largest absolute Gasteiger partial charge is 0.492 e. The predicted octanol–water partition coefficient (Wildman–Crippen LogP) is 1.76. The van der Waals surface area contributed by atoms with E-state index in [2.05, 4.69) is 15.6 Å². The third-order valence-corrected chi connectivity index (χ3v) is 2.36. The van der Waals surface area contributed by atoms with Gasteiger partial charge in [-0.05, 0) is 18.6 Å². The number of nitrogens with zero attached hydrogens (tertiary/aromatic N) is 1. The highest BCUT2D eigenvalue weighted by atomic mass is 127. The number of halogens is 2. The molecule has 0 saturated carbocycles. The van der Waals surface area contributed by atoms with Crippen molar-refractivity contribution in [1.82, 2.24) is 10.6 Å². The average Bonchev–Trinajstić information content (AvgIpc) is 2.36. The first-order valence-electron chi connectivity index (χ1n) is 5.75. The minimum absolute atomic E-state index is 0. The molecule has 2 N–H and O–H groups in total. The van der Waals surface area contributed by atoms with Crippen LogP contribution in [-0.2, 0) is 0 Å². The summed E-state index contributed by atoms with van der Waals surface area (Å²) < 4.78 is 18.2. The van der Waals surface area contributed by atoms with Gasteiger partial charge in [0.05, 0.1) is 6.54 Å². The second-order valence-corrected chi connectivity index (χ2v) is 3.74. The zero-order valence-electron chi connectivity index (χ0n) is 9.99. The number of benzene rings is 1. The Balaban J connectivity index is 0.00000162. The molecule has 0 saturated heterocycles. The van der Waals surface area contributed by atoms with Crippen LogP contribution < -0.4 is 15.4 Å². The molecule has 1 aromatic carbocycles. The molecule has 1 aromatic rings. The summed E-state index contributed by atoms with van der Waals surface area (Å²) in [6.07, 6.45) is 1.07. The van der Waals surface area contributed by atoms with Gasteiger partial charge in [-0.2, -0.15) is 0 Å². The van der Waals surface area contributed by atoms with E-state index >= 15 is 0 Å². The maximum Gasteiger partial charge on any atom is 0.191 e. The van der Waals surface area contributed by atoms with E-state index in [0.717, 1.165) is 25.5 Å². The van der Waals surface area contributed by atoms with Gasteiger partial charge < -0.3 is 15.4 Å². The minimum atomic E-state index is -0.284. The van der Waals surface area contributed by atoms with Crippen LogP contribution in [0.5, 0.6) is 5.75 Å². The van der Waals surface area contributed by atoms with Gasteiger partial charge in [-0.15, -0.1) is 24.0 Å². The molecule has 1 aliphatic heterocycles. The van der Waals surface area contributed by atoms with Crippen LogP contribution in [-0.4, -0.2) is 32.2 Å². The third kappa shape index (κ3) is 5.07. The van der Waals surface area contributed by atoms with Gasteiger partial charge in [0.2, 0.25) is 0 Å². The molecule has 6 heteroatoms. The summed E-state index contributed by atoms with van der Waals surface area (Å²) in [5.74, 6) is 1.08. The highest BCUT2D eigenvalue weighted by Gasteiger charge is 2.02. The molecule has 0 aliphatic carbocycles. The summed E-state index contributed by atoms with van der Waals surface area (Å²) in [7, 11) is 0. The number of ether oxygens (including phenoxy) is 1. The Morgan fingerprint density at radius 3 is 3.06 bits per heavy atom. The molecular weight excluding hydrogens is 348 g/mol. The van der Waals surface area contributed by atoms with Gasteiger partial charge in [0.1, 0.15) is 18.2 Å². The minimum Gasteiger partial charge on any atom is -0.492 e. The molecule has 1 aliphatic rings. The van der Waals surface area contributed by atoms with Crippen LogP contribution in [0.4, 0.5) is 4.39 Å². The Labute approximate surface area is 123 Å². The molecule has 0 amide bonds. The van der Waals surface area contributed by atoms with Gasteiger partial charge in [0.25, 0.3) is 0 Å². The van der Waals surface area contributed by atoms with E-state index in [1.807, 2.05) is 0 Å². The summed E-state index contributed by atoms with van der Waals surface area (Å²) in [5, 5.41) is 6.28. The second kappa shape index (κ2) is 8.12. The lowest BCUT2D eigenvalue weighted by molar-refractivity contribution is 0.320. The number of guanidine groups is 1. The van der Waals surface area contributed by atoms with Crippen LogP contribution in [0, 0.1) is 5.82 Å². The first kappa shape index (κ1) is 15.0. The first-order valence-corrected chi connectivity index (χ1v) is 5.75. The first-order chi connectivity index (χ1) is 8.34. The topological polar surface area (TPSA) is 45.6 Å². The molecule has 0 bridgehead atoms. The van der Waals surface area contributed by atoms with Crippen LogP contribution in [0.3, 0.4) is 0 Å². The standard InChI is InChI=1S/C12H16FN3O.HI/c13-10-3-1-4-11(9-10)17-8-7-16-12-14-5-2-6-15-12;/h1,3-4,9H,2,5-8H2,(H2,14,15,16);1H. The Bertz CT molecular complexity index is 401. The zero-order valence-corrected chi connectivity index (χ0v) is 12.3. The lowest BCUT2D eigenvalue weighted by Gasteiger charge is -2.16. The van der Waals surface area contributed by atoms with Crippen molar-refractivity contribution in [2.75, 3.05) is 26.2 Å². The van der Waals surface area contributed by atoms with E-state index in [1.54, 1.807) is 12.1 Å². The van der Waals surface area contributed by atoms with Crippen molar-refractivity contribution < 1.29 is 9.13 Å². The van der Waals surface area contributed by atoms with E-state index in [1.165, 1.54) is 12.1 Å². The van der Waals surface area contributed by atoms with Crippen molar-refractivity contribution in [3.63, 3.8) is 0 Å². The fourth-order valence-electron chi connectivity index (χ4n) is 1.55. The SMILES string of the molecule is Fc1cccc(OCCNC2=NCCCN2)c1.I. The maximum atomic E-state index is 12.8. The number of rotatable bonds is 4. The molecule has 2 rings (SSSR count). The average molecular weight is 365 g/mol. The van der Waals surface area contributed by atoms with Crippen molar-refractivity contribution in [2.45, 2.75) is 6.42 Å². The maximum absolute atomic E-state index is 12.8. The molecule has 18 heavy (non-hydrogen) atoms. The summed E-state index contributed by atoms with van der Waals surface area (Å²) in [5.41, 5.74) is 0. The van der Waals surface area contributed by atoms with Crippen LogP contribution in [0.15, 0.2) is 29.3 Å². The van der Waals surface area contributed by atoms with E-state index < -0.39 is 0 Å². The fraction of sp³-hybridized carbons (Fsp3) is 0.417.